The van der Waals surface area contributed by atoms with Gasteiger partial charge in [-0.15, -0.1) is 0 Å². The van der Waals surface area contributed by atoms with Crippen LogP contribution in [0.15, 0.2) is 12.1 Å². The summed E-state index contributed by atoms with van der Waals surface area (Å²) in [7, 11) is 1.26. The van der Waals surface area contributed by atoms with Gasteiger partial charge in [0.1, 0.15) is 5.75 Å². The minimum atomic E-state index is -1.21. The van der Waals surface area contributed by atoms with Gasteiger partial charge in [-0.2, -0.15) is 0 Å². The fraction of sp³-hybridized carbons (Fsp3) is 0.100. The van der Waals surface area contributed by atoms with E-state index in [4.69, 9.17) is 39.5 Å². The smallest absolute Gasteiger partial charge is 0.293 e. The molecule has 0 aliphatic heterocycles. The Kier molecular flexibility index (Phi) is 4.51. The molecular weight excluding hydrogens is 290 g/mol. The Labute approximate surface area is 111 Å². The van der Waals surface area contributed by atoms with Crippen LogP contribution >= 0.6 is 34.8 Å². The average Bonchev–Trinajstić information content (AvgIpc) is 2.26. The van der Waals surface area contributed by atoms with Gasteiger partial charge in [-0.3, -0.25) is 14.4 Å². The Hall–Kier alpha value is -1.10. The van der Waals surface area contributed by atoms with Crippen LogP contribution in [0.5, 0.6) is 5.75 Å². The molecule has 0 amide bonds. The predicted molar refractivity (Wildman–Crippen MR) is 63.4 cm³/mol. The lowest BCUT2D eigenvalue weighted by molar-refractivity contribution is -0.108. The standard InChI is InChI=1S/C10H5Cl3O4/c1-17-8-5(7(14)10(13)16)2-4(9(12)15)3-6(8)11/h2-3H,1H3. The molecule has 0 spiro atoms. The van der Waals surface area contributed by atoms with Crippen LogP contribution in [0.4, 0.5) is 0 Å². The van der Waals surface area contributed by atoms with Crippen LogP contribution in [-0.2, 0) is 4.79 Å². The van der Waals surface area contributed by atoms with Crippen molar-refractivity contribution in [1.29, 1.82) is 0 Å². The summed E-state index contributed by atoms with van der Waals surface area (Å²) in [6.07, 6.45) is 0. The van der Waals surface area contributed by atoms with Crippen molar-refractivity contribution < 1.29 is 19.1 Å². The highest BCUT2D eigenvalue weighted by molar-refractivity contribution is 6.83. The molecule has 0 atom stereocenters. The summed E-state index contributed by atoms with van der Waals surface area (Å²) in [4.78, 5) is 33.3. The monoisotopic (exact) mass is 294 g/mol. The molecule has 0 unspecified atom stereocenters. The lowest BCUT2D eigenvalue weighted by Gasteiger charge is -2.09. The van der Waals surface area contributed by atoms with Crippen LogP contribution in [0.3, 0.4) is 0 Å². The van der Waals surface area contributed by atoms with Crippen molar-refractivity contribution in [3.8, 4) is 5.75 Å². The van der Waals surface area contributed by atoms with E-state index in [-0.39, 0.29) is 21.9 Å². The third-order valence-electron chi connectivity index (χ3n) is 1.90. The topological polar surface area (TPSA) is 60.4 Å². The number of methoxy groups -OCH3 is 1. The van der Waals surface area contributed by atoms with Crippen LogP contribution in [-0.4, -0.2) is 23.4 Å². The van der Waals surface area contributed by atoms with Crippen molar-refractivity contribution in [2.75, 3.05) is 7.11 Å². The molecule has 90 valence electrons. The number of hydrogen-bond donors (Lipinski definition) is 0. The number of ketones is 1. The number of benzene rings is 1. The fourth-order valence-electron chi connectivity index (χ4n) is 1.19. The largest absolute Gasteiger partial charge is 0.494 e. The molecule has 0 radical (unpaired) electrons. The number of ether oxygens (including phenoxy) is 1. The number of rotatable bonds is 4. The molecule has 0 heterocycles. The quantitative estimate of drug-likeness (QED) is 0.487. The normalized spacial score (nSPS) is 9.88. The molecule has 0 aromatic heterocycles. The van der Waals surface area contributed by atoms with Gasteiger partial charge in [0, 0.05) is 5.56 Å². The van der Waals surface area contributed by atoms with Crippen LogP contribution < -0.4 is 4.74 Å². The molecule has 0 aliphatic rings. The second-order valence-electron chi connectivity index (χ2n) is 2.92. The van der Waals surface area contributed by atoms with Crippen molar-refractivity contribution in [2.45, 2.75) is 0 Å². The molecule has 1 aromatic rings. The molecule has 1 rings (SSSR count). The number of halogens is 3. The van der Waals surface area contributed by atoms with Gasteiger partial charge < -0.3 is 4.74 Å². The van der Waals surface area contributed by atoms with Crippen molar-refractivity contribution >= 4 is 51.1 Å². The van der Waals surface area contributed by atoms with Gasteiger partial charge in [-0.1, -0.05) is 11.6 Å². The molecule has 7 heteroatoms. The predicted octanol–water partition coefficient (Wildman–Crippen LogP) is 2.68. The summed E-state index contributed by atoms with van der Waals surface area (Å²) in [6.45, 7) is 0. The Balaban J connectivity index is 3.49. The Morgan fingerprint density at radius 3 is 2.18 bits per heavy atom. The number of hydrogen-bond acceptors (Lipinski definition) is 4. The Bertz CT molecular complexity index is 511. The van der Waals surface area contributed by atoms with Crippen molar-refractivity contribution in [3.05, 3.63) is 28.3 Å². The zero-order chi connectivity index (χ0) is 13.2. The number of Topliss-reactive ketones (excluding diaryl/α,β-unsaturated/α-hetero) is 1. The second-order valence-corrected chi connectivity index (χ2v) is 4.01. The molecule has 17 heavy (non-hydrogen) atoms. The van der Waals surface area contributed by atoms with E-state index in [0.717, 1.165) is 6.07 Å². The van der Waals surface area contributed by atoms with Crippen LogP contribution in [0.1, 0.15) is 20.7 Å². The molecule has 1 aromatic carbocycles. The maximum Gasteiger partial charge on any atom is 0.293 e. The van der Waals surface area contributed by atoms with Gasteiger partial charge >= 0.3 is 0 Å². The summed E-state index contributed by atoms with van der Waals surface area (Å²) in [5.41, 5.74) is -0.234. The first-order valence-electron chi connectivity index (χ1n) is 4.20. The highest BCUT2D eigenvalue weighted by Gasteiger charge is 2.22. The number of carbonyl (C=O) groups excluding carboxylic acids is 3. The van der Waals surface area contributed by atoms with Gasteiger partial charge in [0.15, 0.2) is 0 Å². The lowest BCUT2D eigenvalue weighted by Crippen LogP contribution is -2.10. The second kappa shape index (κ2) is 5.49. The van der Waals surface area contributed by atoms with Crippen LogP contribution in [0.25, 0.3) is 0 Å². The van der Waals surface area contributed by atoms with Gasteiger partial charge in [0.2, 0.25) is 5.78 Å². The minimum Gasteiger partial charge on any atom is -0.494 e. The molecule has 0 bridgehead atoms. The highest BCUT2D eigenvalue weighted by Crippen LogP contribution is 2.31. The van der Waals surface area contributed by atoms with Crippen LogP contribution in [0, 0.1) is 0 Å². The molecule has 4 nitrogen and oxygen atoms in total. The van der Waals surface area contributed by atoms with Crippen molar-refractivity contribution in [2.24, 2.45) is 0 Å². The summed E-state index contributed by atoms with van der Waals surface area (Å²) in [5, 5.41) is -2.04. The third-order valence-corrected chi connectivity index (χ3v) is 2.57. The highest BCUT2D eigenvalue weighted by atomic mass is 35.5. The van der Waals surface area contributed by atoms with E-state index in [1.165, 1.54) is 13.2 Å². The van der Waals surface area contributed by atoms with Gasteiger partial charge in [-0.25, -0.2) is 0 Å². The van der Waals surface area contributed by atoms with E-state index in [1.807, 2.05) is 0 Å². The van der Waals surface area contributed by atoms with E-state index < -0.39 is 16.3 Å². The van der Waals surface area contributed by atoms with E-state index >= 15 is 0 Å². The maximum absolute atomic E-state index is 11.5. The summed E-state index contributed by atoms with van der Waals surface area (Å²) in [6, 6.07) is 2.33. The maximum atomic E-state index is 11.5. The number of carbonyl (C=O) groups is 3. The van der Waals surface area contributed by atoms with Gasteiger partial charge in [-0.05, 0) is 35.3 Å². The molecule has 0 N–H and O–H groups in total. The van der Waals surface area contributed by atoms with E-state index in [9.17, 15) is 14.4 Å². The zero-order valence-corrected chi connectivity index (χ0v) is 10.7. The first kappa shape index (κ1) is 14.0. The van der Waals surface area contributed by atoms with Crippen molar-refractivity contribution in [1.82, 2.24) is 0 Å². The Morgan fingerprint density at radius 1 is 1.18 bits per heavy atom. The van der Waals surface area contributed by atoms with Gasteiger partial charge in [0.05, 0.1) is 17.7 Å². The van der Waals surface area contributed by atoms with Gasteiger partial charge in [0.25, 0.3) is 10.5 Å². The summed E-state index contributed by atoms with van der Waals surface area (Å²) >= 11 is 16.1. The fourth-order valence-corrected chi connectivity index (χ4v) is 1.70. The SMILES string of the molecule is COc1c(Cl)cc(C(=O)Cl)cc1C(=O)C(=O)Cl. The molecule has 0 fully saturated rings. The zero-order valence-electron chi connectivity index (χ0n) is 8.42. The van der Waals surface area contributed by atoms with E-state index in [1.54, 1.807) is 0 Å². The van der Waals surface area contributed by atoms with Crippen molar-refractivity contribution in [3.63, 3.8) is 0 Å². The van der Waals surface area contributed by atoms with E-state index in [2.05, 4.69) is 0 Å². The molecule has 0 saturated heterocycles. The summed E-state index contributed by atoms with van der Waals surface area (Å²) < 4.78 is 4.86. The third kappa shape index (κ3) is 2.97. The van der Waals surface area contributed by atoms with E-state index in [0.29, 0.717) is 0 Å². The molecule has 0 aliphatic carbocycles. The average molecular weight is 296 g/mol. The molecular formula is C10H5Cl3O4. The summed E-state index contributed by atoms with van der Waals surface area (Å²) in [5.74, 6) is -1.06. The molecule has 0 saturated carbocycles. The minimum absolute atomic E-state index is 0.0136. The first-order chi connectivity index (χ1) is 7.88. The Morgan fingerprint density at radius 2 is 1.76 bits per heavy atom. The first-order valence-corrected chi connectivity index (χ1v) is 5.33. The van der Waals surface area contributed by atoms with Crippen LogP contribution in [0.2, 0.25) is 5.02 Å². The lowest BCUT2D eigenvalue weighted by atomic mass is 10.1.